The van der Waals surface area contributed by atoms with Gasteiger partial charge in [-0.05, 0) is 33.1 Å². The van der Waals surface area contributed by atoms with Gasteiger partial charge < -0.3 is 15.0 Å². The van der Waals surface area contributed by atoms with E-state index in [0.29, 0.717) is 13.2 Å². The minimum Gasteiger partial charge on any atom is -0.375 e. The number of hydrogen-bond donors (Lipinski definition) is 1. The van der Waals surface area contributed by atoms with E-state index in [4.69, 9.17) is 4.74 Å². The molecule has 0 spiro atoms. The van der Waals surface area contributed by atoms with Gasteiger partial charge in [-0.15, -0.1) is 11.3 Å². The lowest BCUT2D eigenvalue weighted by Crippen LogP contribution is -2.49. The predicted molar refractivity (Wildman–Crippen MR) is 84.5 cm³/mol. The Morgan fingerprint density at radius 3 is 3.00 bits per heavy atom. The van der Waals surface area contributed by atoms with E-state index < -0.39 is 0 Å². The van der Waals surface area contributed by atoms with Gasteiger partial charge in [0.1, 0.15) is 5.01 Å². The lowest BCUT2D eigenvalue weighted by molar-refractivity contribution is -0.0615. The first-order chi connectivity index (χ1) is 9.89. The van der Waals surface area contributed by atoms with Crippen LogP contribution in [0.2, 0.25) is 0 Å². The standard InChI is InChI=1S/C15H25N3O2S/c1-5-12-9-16-13(21-12)10-18(4)14(19)17-11-6-7-20-15(2,3)8-11/h9,11H,5-8,10H2,1-4H3,(H,17,19). The van der Waals surface area contributed by atoms with Crippen molar-refractivity contribution in [1.29, 1.82) is 0 Å². The minimum absolute atomic E-state index is 0.0362. The van der Waals surface area contributed by atoms with Gasteiger partial charge in [-0.3, -0.25) is 0 Å². The summed E-state index contributed by atoms with van der Waals surface area (Å²) in [4.78, 5) is 19.6. The maximum absolute atomic E-state index is 12.3. The van der Waals surface area contributed by atoms with E-state index >= 15 is 0 Å². The molecule has 6 heteroatoms. The molecule has 5 nitrogen and oxygen atoms in total. The number of carbonyl (C=O) groups is 1. The minimum atomic E-state index is -0.153. The van der Waals surface area contributed by atoms with Crippen molar-refractivity contribution < 1.29 is 9.53 Å². The first-order valence-corrected chi connectivity index (χ1v) is 8.30. The van der Waals surface area contributed by atoms with E-state index in [-0.39, 0.29) is 17.7 Å². The zero-order valence-electron chi connectivity index (χ0n) is 13.3. The molecule has 1 aliphatic heterocycles. The molecule has 21 heavy (non-hydrogen) atoms. The van der Waals surface area contributed by atoms with E-state index in [9.17, 15) is 4.79 Å². The molecule has 2 rings (SSSR count). The third-order valence-electron chi connectivity index (χ3n) is 3.69. The molecule has 1 unspecified atom stereocenters. The lowest BCUT2D eigenvalue weighted by atomic mass is 9.94. The van der Waals surface area contributed by atoms with Gasteiger partial charge in [0.2, 0.25) is 0 Å². The fraction of sp³-hybridized carbons (Fsp3) is 0.733. The summed E-state index contributed by atoms with van der Waals surface area (Å²) in [5, 5.41) is 4.08. The van der Waals surface area contributed by atoms with Gasteiger partial charge in [-0.1, -0.05) is 6.92 Å². The molecule has 1 fully saturated rings. The predicted octanol–water partition coefficient (Wildman–Crippen LogP) is 2.80. The number of amides is 2. The smallest absolute Gasteiger partial charge is 0.317 e. The second-order valence-electron chi connectivity index (χ2n) is 6.18. The summed E-state index contributed by atoms with van der Waals surface area (Å²) in [5.41, 5.74) is -0.153. The van der Waals surface area contributed by atoms with Crippen LogP contribution in [-0.2, 0) is 17.7 Å². The Balaban J connectivity index is 1.84. The van der Waals surface area contributed by atoms with E-state index in [0.717, 1.165) is 24.3 Å². The van der Waals surface area contributed by atoms with Crippen LogP contribution in [-0.4, -0.2) is 41.2 Å². The van der Waals surface area contributed by atoms with Crippen LogP contribution in [0.4, 0.5) is 4.79 Å². The number of carbonyl (C=O) groups excluding carboxylic acids is 1. The Morgan fingerprint density at radius 2 is 2.38 bits per heavy atom. The molecule has 0 saturated carbocycles. The van der Waals surface area contributed by atoms with E-state index in [2.05, 4.69) is 31.1 Å². The molecule has 2 heterocycles. The molecule has 2 amide bonds. The number of aryl methyl sites for hydroxylation is 1. The summed E-state index contributed by atoms with van der Waals surface area (Å²) >= 11 is 1.67. The summed E-state index contributed by atoms with van der Waals surface area (Å²) in [6, 6.07) is 0.150. The van der Waals surface area contributed by atoms with Crippen molar-refractivity contribution >= 4 is 17.4 Å². The molecular formula is C15H25N3O2S. The quantitative estimate of drug-likeness (QED) is 0.930. The Kier molecular flexibility index (Phi) is 5.22. The molecule has 0 bridgehead atoms. The fourth-order valence-electron chi connectivity index (χ4n) is 2.50. The third kappa shape index (κ3) is 4.68. The number of ether oxygens (including phenoxy) is 1. The topological polar surface area (TPSA) is 54.5 Å². The summed E-state index contributed by atoms with van der Waals surface area (Å²) in [6.07, 6.45) is 4.61. The molecule has 0 radical (unpaired) electrons. The second-order valence-corrected chi connectivity index (χ2v) is 7.38. The summed E-state index contributed by atoms with van der Waals surface area (Å²) in [5.74, 6) is 0. The molecule has 0 aromatic carbocycles. The molecule has 1 atom stereocenters. The van der Waals surface area contributed by atoms with Crippen molar-refractivity contribution in [3.8, 4) is 0 Å². The van der Waals surface area contributed by atoms with Gasteiger partial charge >= 0.3 is 6.03 Å². The SMILES string of the molecule is CCc1cnc(CN(C)C(=O)NC2CCOC(C)(C)C2)s1. The van der Waals surface area contributed by atoms with Gasteiger partial charge in [0, 0.05) is 30.8 Å². The Labute approximate surface area is 130 Å². The van der Waals surface area contributed by atoms with Gasteiger partial charge in [0.25, 0.3) is 0 Å². The number of hydrogen-bond acceptors (Lipinski definition) is 4. The average Bonchev–Trinajstić information content (AvgIpc) is 2.85. The maximum Gasteiger partial charge on any atom is 0.317 e. The van der Waals surface area contributed by atoms with Gasteiger partial charge in [-0.2, -0.15) is 0 Å². The highest BCUT2D eigenvalue weighted by molar-refractivity contribution is 7.11. The first kappa shape index (κ1) is 16.2. The largest absolute Gasteiger partial charge is 0.375 e. The number of nitrogens with zero attached hydrogens (tertiary/aromatic N) is 2. The van der Waals surface area contributed by atoms with Crippen LogP contribution >= 0.6 is 11.3 Å². The molecule has 1 aromatic heterocycles. The first-order valence-electron chi connectivity index (χ1n) is 7.49. The zero-order chi connectivity index (χ0) is 15.5. The third-order valence-corrected chi connectivity index (χ3v) is 4.82. The Hall–Kier alpha value is -1.14. The molecular weight excluding hydrogens is 286 g/mol. The average molecular weight is 311 g/mol. The number of aromatic nitrogens is 1. The van der Waals surface area contributed by atoms with Crippen LogP contribution in [0, 0.1) is 0 Å². The van der Waals surface area contributed by atoms with Crippen molar-refractivity contribution in [3.05, 3.63) is 16.1 Å². The van der Waals surface area contributed by atoms with Crippen LogP contribution in [0.25, 0.3) is 0 Å². The molecule has 118 valence electrons. The Morgan fingerprint density at radius 1 is 1.62 bits per heavy atom. The summed E-state index contributed by atoms with van der Waals surface area (Å²) in [7, 11) is 1.81. The lowest BCUT2D eigenvalue weighted by Gasteiger charge is -2.36. The van der Waals surface area contributed by atoms with Crippen molar-refractivity contribution in [1.82, 2.24) is 15.2 Å². The van der Waals surface area contributed by atoms with E-state index in [1.165, 1.54) is 4.88 Å². The van der Waals surface area contributed by atoms with Crippen molar-refractivity contribution in [3.63, 3.8) is 0 Å². The van der Waals surface area contributed by atoms with Crippen LogP contribution in [0.15, 0.2) is 6.20 Å². The van der Waals surface area contributed by atoms with Gasteiger partial charge in [-0.25, -0.2) is 9.78 Å². The number of nitrogens with one attached hydrogen (secondary N) is 1. The molecule has 1 aliphatic rings. The van der Waals surface area contributed by atoms with Crippen LogP contribution < -0.4 is 5.32 Å². The molecule has 1 N–H and O–H groups in total. The Bertz CT molecular complexity index is 487. The summed E-state index contributed by atoms with van der Waals surface area (Å²) in [6.45, 7) is 7.51. The highest BCUT2D eigenvalue weighted by Crippen LogP contribution is 2.24. The van der Waals surface area contributed by atoms with Crippen LogP contribution in [0.1, 0.15) is 43.5 Å². The molecule has 1 aromatic rings. The normalized spacial score (nSPS) is 21.0. The van der Waals surface area contributed by atoms with Gasteiger partial charge in [0.05, 0.1) is 12.1 Å². The summed E-state index contributed by atoms with van der Waals surface area (Å²) < 4.78 is 5.68. The highest BCUT2D eigenvalue weighted by atomic mass is 32.1. The van der Waals surface area contributed by atoms with Crippen LogP contribution in [0.5, 0.6) is 0 Å². The monoisotopic (exact) mass is 311 g/mol. The van der Waals surface area contributed by atoms with Crippen molar-refractivity contribution in [2.45, 2.75) is 58.2 Å². The fourth-order valence-corrected chi connectivity index (χ4v) is 3.42. The second kappa shape index (κ2) is 6.75. The van der Waals surface area contributed by atoms with Crippen molar-refractivity contribution in [2.75, 3.05) is 13.7 Å². The maximum atomic E-state index is 12.3. The molecule has 0 aliphatic carbocycles. The van der Waals surface area contributed by atoms with Crippen molar-refractivity contribution in [2.24, 2.45) is 0 Å². The van der Waals surface area contributed by atoms with Gasteiger partial charge in [0.15, 0.2) is 0 Å². The highest BCUT2D eigenvalue weighted by Gasteiger charge is 2.30. The number of thiazole rings is 1. The van der Waals surface area contributed by atoms with E-state index in [1.807, 2.05) is 13.2 Å². The van der Waals surface area contributed by atoms with Crippen LogP contribution in [0.3, 0.4) is 0 Å². The molecule has 1 saturated heterocycles. The number of urea groups is 1. The van der Waals surface area contributed by atoms with E-state index in [1.54, 1.807) is 16.2 Å². The zero-order valence-corrected chi connectivity index (χ0v) is 14.1. The number of rotatable bonds is 4.